The van der Waals surface area contributed by atoms with E-state index in [1.807, 2.05) is 42.1 Å². The van der Waals surface area contributed by atoms with Crippen LogP contribution in [0.1, 0.15) is 5.69 Å². The maximum absolute atomic E-state index is 12.5. The van der Waals surface area contributed by atoms with Gasteiger partial charge in [-0.3, -0.25) is 14.4 Å². The zero-order chi connectivity index (χ0) is 14.8. The Hall–Kier alpha value is -1.37. The predicted molar refractivity (Wildman–Crippen MR) is 86.9 cm³/mol. The number of nitrogens with zero attached hydrogens (tertiary/aromatic N) is 3. The van der Waals surface area contributed by atoms with E-state index < -0.39 is 0 Å². The zero-order valence-electron chi connectivity index (χ0n) is 12.1. The molecule has 1 aromatic heterocycles. The molecule has 1 aromatic carbocycles. The second-order valence-corrected chi connectivity index (χ2v) is 6.06. The molecule has 0 saturated carbocycles. The molecule has 3 rings (SSSR count). The van der Waals surface area contributed by atoms with Crippen LogP contribution in [0.2, 0.25) is 0 Å². The molecule has 1 N–H and O–H groups in total. The largest absolute Gasteiger partial charge is 0.314 e. The molecule has 0 radical (unpaired) electrons. The van der Waals surface area contributed by atoms with Gasteiger partial charge in [0.25, 0.3) is 5.56 Å². The quantitative estimate of drug-likeness (QED) is 0.908. The normalized spacial score (nSPS) is 16.3. The highest BCUT2D eigenvalue weighted by molar-refractivity contribution is 9.10. The van der Waals surface area contributed by atoms with Crippen molar-refractivity contribution in [3.05, 3.63) is 50.9 Å². The van der Waals surface area contributed by atoms with Gasteiger partial charge in [-0.05, 0) is 28.1 Å². The van der Waals surface area contributed by atoms with Crippen molar-refractivity contribution < 1.29 is 0 Å². The highest BCUT2D eigenvalue weighted by Gasteiger charge is 2.20. The number of hydrogen-bond acceptors (Lipinski definition) is 3. The van der Waals surface area contributed by atoms with Crippen molar-refractivity contribution in [2.45, 2.75) is 6.54 Å². The summed E-state index contributed by atoms with van der Waals surface area (Å²) in [4.78, 5) is 14.9. The number of halogens is 1. The Balaban J connectivity index is 1.97. The summed E-state index contributed by atoms with van der Waals surface area (Å²) in [5.41, 5.74) is 1.90. The van der Waals surface area contributed by atoms with Gasteiger partial charge in [-0.2, -0.15) is 0 Å². The molecule has 0 unspecified atom stereocenters. The third kappa shape index (κ3) is 2.84. The number of nitrogens with one attached hydrogen (secondary N) is 1. The summed E-state index contributed by atoms with van der Waals surface area (Å²) in [6, 6.07) is 9.73. The van der Waals surface area contributed by atoms with Gasteiger partial charge in [0.1, 0.15) is 4.47 Å². The van der Waals surface area contributed by atoms with Crippen molar-refractivity contribution in [1.82, 2.24) is 19.6 Å². The van der Waals surface area contributed by atoms with Crippen LogP contribution in [0.4, 0.5) is 0 Å². The monoisotopic (exact) mass is 350 g/mol. The van der Waals surface area contributed by atoms with Crippen molar-refractivity contribution in [2.24, 2.45) is 7.05 Å². The smallest absolute Gasteiger partial charge is 0.286 e. The predicted octanol–water partition coefficient (Wildman–Crippen LogP) is 1.34. The topological polar surface area (TPSA) is 42.2 Å². The maximum atomic E-state index is 12.5. The molecule has 5 nitrogen and oxygen atoms in total. The van der Waals surface area contributed by atoms with Crippen LogP contribution in [0, 0.1) is 0 Å². The third-order valence-electron chi connectivity index (χ3n) is 3.91. The molecule has 0 aliphatic carbocycles. The number of piperazine rings is 1. The fourth-order valence-corrected chi connectivity index (χ4v) is 3.28. The van der Waals surface area contributed by atoms with Crippen LogP contribution in [-0.4, -0.2) is 40.4 Å². The minimum absolute atomic E-state index is 0.00571. The van der Waals surface area contributed by atoms with Gasteiger partial charge in [-0.15, -0.1) is 0 Å². The standard InChI is InChI=1S/C15H19BrN4O/c1-18-13(11-19-9-7-17-8-10-19)14(16)15(21)20(18)12-5-3-2-4-6-12/h2-6,17H,7-11H2,1H3. The Morgan fingerprint density at radius 2 is 1.86 bits per heavy atom. The van der Waals surface area contributed by atoms with Crippen molar-refractivity contribution in [2.75, 3.05) is 26.2 Å². The first-order chi connectivity index (χ1) is 10.2. The zero-order valence-corrected chi connectivity index (χ0v) is 13.6. The van der Waals surface area contributed by atoms with Gasteiger partial charge in [0.2, 0.25) is 0 Å². The number of hydrogen-bond donors (Lipinski definition) is 1. The van der Waals surface area contributed by atoms with Crippen molar-refractivity contribution in [3.8, 4) is 5.69 Å². The number of para-hydroxylation sites is 1. The first-order valence-electron chi connectivity index (χ1n) is 7.13. The van der Waals surface area contributed by atoms with E-state index in [1.165, 1.54) is 0 Å². The minimum Gasteiger partial charge on any atom is -0.314 e. The summed E-state index contributed by atoms with van der Waals surface area (Å²) in [5.74, 6) is 0. The van der Waals surface area contributed by atoms with Gasteiger partial charge in [-0.25, -0.2) is 4.68 Å². The number of benzene rings is 1. The minimum atomic E-state index is -0.00571. The molecule has 112 valence electrons. The lowest BCUT2D eigenvalue weighted by molar-refractivity contribution is 0.226. The molecule has 2 heterocycles. The van der Waals surface area contributed by atoms with Crippen LogP contribution in [0.5, 0.6) is 0 Å². The summed E-state index contributed by atoms with van der Waals surface area (Å²) in [5, 5.41) is 3.35. The Bertz CT molecular complexity index is 671. The molecule has 21 heavy (non-hydrogen) atoms. The van der Waals surface area contributed by atoms with Crippen LogP contribution < -0.4 is 10.9 Å². The summed E-state index contributed by atoms with van der Waals surface area (Å²) >= 11 is 3.48. The summed E-state index contributed by atoms with van der Waals surface area (Å²) < 4.78 is 4.32. The lowest BCUT2D eigenvalue weighted by atomic mass is 10.3. The van der Waals surface area contributed by atoms with Gasteiger partial charge in [-0.1, -0.05) is 18.2 Å². The second-order valence-electron chi connectivity index (χ2n) is 5.26. The van der Waals surface area contributed by atoms with Crippen LogP contribution in [0.25, 0.3) is 5.69 Å². The van der Waals surface area contributed by atoms with Crippen molar-refractivity contribution in [1.29, 1.82) is 0 Å². The average molecular weight is 351 g/mol. The van der Waals surface area contributed by atoms with E-state index >= 15 is 0 Å². The van der Waals surface area contributed by atoms with E-state index in [2.05, 4.69) is 26.1 Å². The second kappa shape index (κ2) is 6.17. The molecule has 6 heteroatoms. The fraction of sp³-hybridized carbons (Fsp3) is 0.400. The third-order valence-corrected chi connectivity index (χ3v) is 4.70. The van der Waals surface area contributed by atoms with Gasteiger partial charge >= 0.3 is 0 Å². The van der Waals surface area contributed by atoms with Gasteiger partial charge in [0.05, 0.1) is 11.4 Å². The highest BCUT2D eigenvalue weighted by atomic mass is 79.9. The Morgan fingerprint density at radius 1 is 1.19 bits per heavy atom. The molecule has 1 saturated heterocycles. The van der Waals surface area contributed by atoms with Crippen LogP contribution in [0.3, 0.4) is 0 Å². The molecule has 0 amide bonds. The first kappa shape index (κ1) is 14.6. The summed E-state index contributed by atoms with van der Waals surface area (Å²) in [7, 11) is 1.94. The number of rotatable bonds is 3. The van der Waals surface area contributed by atoms with E-state index in [-0.39, 0.29) is 5.56 Å². The molecule has 0 bridgehead atoms. The summed E-state index contributed by atoms with van der Waals surface area (Å²) in [6.07, 6.45) is 0. The van der Waals surface area contributed by atoms with Crippen molar-refractivity contribution in [3.63, 3.8) is 0 Å². The van der Waals surface area contributed by atoms with Crippen LogP contribution in [-0.2, 0) is 13.6 Å². The van der Waals surface area contributed by atoms with Crippen molar-refractivity contribution >= 4 is 15.9 Å². The van der Waals surface area contributed by atoms with E-state index in [0.29, 0.717) is 4.47 Å². The molecule has 1 aliphatic rings. The van der Waals surface area contributed by atoms with Gasteiger partial charge < -0.3 is 5.32 Å². The molecular weight excluding hydrogens is 332 g/mol. The SMILES string of the molecule is Cn1c(CN2CCNCC2)c(Br)c(=O)n1-c1ccccc1. The van der Waals surface area contributed by atoms with Crippen LogP contribution in [0.15, 0.2) is 39.6 Å². The average Bonchev–Trinajstić information content (AvgIpc) is 2.73. The molecule has 0 spiro atoms. The molecule has 1 aliphatic heterocycles. The highest BCUT2D eigenvalue weighted by Crippen LogP contribution is 2.17. The Labute approximate surface area is 132 Å². The van der Waals surface area contributed by atoms with E-state index in [1.54, 1.807) is 4.68 Å². The molecule has 2 aromatic rings. The van der Waals surface area contributed by atoms with E-state index in [0.717, 1.165) is 44.1 Å². The lowest BCUT2D eigenvalue weighted by Crippen LogP contribution is -2.43. The van der Waals surface area contributed by atoms with Gasteiger partial charge in [0, 0.05) is 39.8 Å². The molecule has 1 fully saturated rings. The molecular formula is C15H19BrN4O. The van der Waals surface area contributed by atoms with E-state index in [9.17, 15) is 4.79 Å². The number of aromatic nitrogens is 2. The first-order valence-corrected chi connectivity index (χ1v) is 7.92. The fourth-order valence-electron chi connectivity index (χ4n) is 2.73. The Morgan fingerprint density at radius 3 is 2.52 bits per heavy atom. The molecule has 0 atom stereocenters. The lowest BCUT2D eigenvalue weighted by Gasteiger charge is -2.27. The summed E-state index contributed by atoms with van der Waals surface area (Å²) in [6.45, 7) is 4.82. The van der Waals surface area contributed by atoms with Gasteiger partial charge in [0.15, 0.2) is 0 Å². The Kier molecular flexibility index (Phi) is 4.28. The maximum Gasteiger partial charge on any atom is 0.286 e. The van der Waals surface area contributed by atoms with E-state index in [4.69, 9.17) is 0 Å². The van der Waals surface area contributed by atoms with Crippen LogP contribution >= 0.6 is 15.9 Å².